The Morgan fingerprint density at radius 2 is 2.06 bits per heavy atom. The van der Waals surface area contributed by atoms with Crippen LogP contribution in [0.1, 0.15) is 0 Å². The number of H-pyrrole nitrogens is 1. The average molecular weight is 220 g/mol. The predicted octanol–water partition coefficient (Wildman–Crippen LogP) is 3.10. The number of furan rings is 1. The van der Waals surface area contributed by atoms with Crippen molar-refractivity contribution in [2.75, 3.05) is 0 Å². The monoisotopic (exact) mass is 220 g/mol. The number of hydrogen-bond acceptors (Lipinski definition) is 2. The van der Waals surface area contributed by atoms with Crippen LogP contribution in [-0.4, -0.2) is 9.97 Å². The van der Waals surface area contributed by atoms with Crippen molar-refractivity contribution < 1.29 is 13.2 Å². The molecule has 16 heavy (non-hydrogen) atoms. The molecule has 2 aromatic heterocycles. The summed E-state index contributed by atoms with van der Waals surface area (Å²) >= 11 is 0. The van der Waals surface area contributed by atoms with Crippen LogP contribution < -0.4 is 0 Å². The zero-order valence-electron chi connectivity index (χ0n) is 8.00. The van der Waals surface area contributed by atoms with Crippen LogP contribution in [0.3, 0.4) is 0 Å². The van der Waals surface area contributed by atoms with E-state index in [-0.39, 0.29) is 5.52 Å². The third-order valence-electron chi connectivity index (χ3n) is 2.34. The number of hydrogen-bond donors (Lipinski definition) is 1. The lowest BCUT2D eigenvalue weighted by Gasteiger charge is -1.91. The van der Waals surface area contributed by atoms with Gasteiger partial charge in [-0.15, -0.1) is 0 Å². The molecule has 3 nitrogen and oxygen atoms in total. The fourth-order valence-electron chi connectivity index (χ4n) is 1.55. The van der Waals surface area contributed by atoms with Crippen molar-refractivity contribution >= 4 is 11.0 Å². The number of rotatable bonds is 1. The first-order valence-corrected chi connectivity index (χ1v) is 4.62. The number of benzene rings is 1. The molecule has 0 bridgehead atoms. The van der Waals surface area contributed by atoms with E-state index in [0.717, 1.165) is 6.07 Å². The van der Waals surface area contributed by atoms with E-state index in [4.69, 9.17) is 4.42 Å². The Bertz CT molecular complexity index is 643. The molecule has 0 saturated heterocycles. The van der Waals surface area contributed by atoms with E-state index in [1.807, 2.05) is 0 Å². The maximum atomic E-state index is 13.4. The van der Waals surface area contributed by atoms with Crippen molar-refractivity contribution in [3.63, 3.8) is 0 Å². The van der Waals surface area contributed by atoms with Crippen LogP contribution in [0, 0.1) is 11.6 Å². The quantitative estimate of drug-likeness (QED) is 0.684. The Morgan fingerprint density at radius 1 is 1.19 bits per heavy atom. The van der Waals surface area contributed by atoms with Crippen LogP contribution >= 0.6 is 0 Å². The second kappa shape index (κ2) is 3.16. The molecule has 0 atom stereocenters. The highest BCUT2D eigenvalue weighted by atomic mass is 19.2. The summed E-state index contributed by atoms with van der Waals surface area (Å²) in [6.45, 7) is 0. The predicted molar refractivity (Wildman–Crippen MR) is 53.7 cm³/mol. The van der Waals surface area contributed by atoms with Gasteiger partial charge in [0, 0.05) is 0 Å². The summed E-state index contributed by atoms with van der Waals surface area (Å²) in [7, 11) is 0. The first kappa shape index (κ1) is 9.08. The number of halogens is 2. The minimum atomic E-state index is -0.941. The van der Waals surface area contributed by atoms with Gasteiger partial charge in [0.25, 0.3) is 0 Å². The SMILES string of the molecule is Fc1ccc2[nH]c(-c3ccoc3)nc2c1F. The number of fused-ring (bicyclic) bond motifs is 1. The van der Waals surface area contributed by atoms with Crippen LogP contribution in [0.25, 0.3) is 22.4 Å². The minimum Gasteiger partial charge on any atom is -0.472 e. The van der Waals surface area contributed by atoms with Crippen molar-refractivity contribution in [2.24, 2.45) is 0 Å². The molecular weight excluding hydrogens is 214 g/mol. The summed E-state index contributed by atoms with van der Waals surface area (Å²) < 4.78 is 31.2. The summed E-state index contributed by atoms with van der Waals surface area (Å²) in [6.07, 6.45) is 2.96. The van der Waals surface area contributed by atoms with Gasteiger partial charge in [0.05, 0.1) is 17.3 Å². The Morgan fingerprint density at radius 3 is 2.81 bits per heavy atom. The van der Waals surface area contributed by atoms with Gasteiger partial charge in [-0.25, -0.2) is 13.8 Å². The van der Waals surface area contributed by atoms with Gasteiger partial charge in [0.15, 0.2) is 11.6 Å². The number of nitrogens with zero attached hydrogens (tertiary/aromatic N) is 1. The highest BCUT2D eigenvalue weighted by Crippen LogP contribution is 2.23. The van der Waals surface area contributed by atoms with Gasteiger partial charge in [-0.3, -0.25) is 0 Å². The van der Waals surface area contributed by atoms with E-state index in [0.29, 0.717) is 16.9 Å². The van der Waals surface area contributed by atoms with E-state index in [2.05, 4.69) is 9.97 Å². The first-order chi connectivity index (χ1) is 7.75. The molecule has 3 rings (SSSR count). The van der Waals surface area contributed by atoms with Crippen LogP contribution in [-0.2, 0) is 0 Å². The highest BCUT2D eigenvalue weighted by molar-refractivity contribution is 5.79. The second-order valence-electron chi connectivity index (χ2n) is 3.35. The maximum absolute atomic E-state index is 13.4. The lowest BCUT2D eigenvalue weighted by Crippen LogP contribution is -1.84. The van der Waals surface area contributed by atoms with Gasteiger partial charge < -0.3 is 9.40 Å². The standard InChI is InChI=1S/C11H6F2N2O/c12-7-1-2-8-10(9(7)13)15-11(14-8)6-3-4-16-5-6/h1-5H,(H,14,15). The number of nitrogens with one attached hydrogen (secondary N) is 1. The molecule has 0 radical (unpaired) electrons. The first-order valence-electron chi connectivity index (χ1n) is 4.62. The summed E-state index contributed by atoms with van der Waals surface area (Å²) in [5.74, 6) is -1.39. The van der Waals surface area contributed by atoms with Crippen LogP contribution in [0.4, 0.5) is 8.78 Å². The summed E-state index contributed by atoms with van der Waals surface area (Å²) in [5.41, 5.74) is 1.14. The second-order valence-corrected chi connectivity index (χ2v) is 3.35. The summed E-state index contributed by atoms with van der Waals surface area (Å²) in [4.78, 5) is 6.87. The molecule has 3 aromatic rings. The Balaban J connectivity index is 2.28. The molecule has 0 saturated carbocycles. The average Bonchev–Trinajstić information content (AvgIpc) is 2.91. The van der Waals surface area contributed by atoms with Crippen molar-refractivity contribution in [3.05, 3.63) is 42.4 Å². The van der Waals surface area contributed by atoms with E-state index in [1.165, 1.54) is 18.6 Å². The van der Waals surface area contributed by atoms with Gasteiger partial charge in [-0.1, -0.05) is 0 Å². The number of imidazole rings is 1. The Kier molecular flexibility index (Phi) is 1.80. The third-order valence-corrected chi connectivity index (χ3v) is 2.34. The molecule has 0 unspecified atom stereocenters. The van der Waals surface area contributed by atoms with Gasteiger partial charge in [0.2, 0.25) is 0 Å². The van der Waals surface area contributed by atoms with Gasteiger partial charge >= 0.3 is 0 Å². The largest absolute Gasteiger partial charge is 0.472 e. The number of aromatic nitrogens is 2. The van der Waals surface area contributed by atoms with Crippen molar-refractivity contribution in [2.45, 2.75) is 0 Å². The minimum absolute atomic E-state index is 0.00352. The van der Waals surface area contributed by atoms with Gasteiger partial charge in [-0.2, -0.15) is 0 Å². The topological polar surface area (TPSA) is 41.8 Å². The molecule has 0 amide bonds. The van der Waals surface area contributed by atoms with E-state index < -0.39 is 11.6 Å². The smallest absolute Gasteiger partial charge is 0.186 e. The van der Waals surface area contributed by atoms with E-state index in [9.17, 15) is 8.78 Å². The summed E-state index contributed by atoms with van der Waals surface area (Å²) in [6, 6.07) is 4.20. The van der Waals surface area contributed by atoms with Crippen LogP contribution in [0.15, 0.2) is 35.1 Å². The Labute approximate surface area is 88.7 Å². The zero-order chi connectivity index (χ0) is 11.1. The Hall–Kier alpha value is -2.17. The van der Waals surface area contributed by atoms with Gasteiger partial charge in [0.1, 0.15) is 17.6 Å². The molecule has 0 aliphatic rings. The molecule has 2 heterocycles. The van der Waals surface area contributed by atoms with Crippen LogP contribution in [0.5, 0.6) is 0 Å². The molecule has 0 fully saturated rings. The molecular formula is C11H6F2N2O. The van der Waals surface area contributed by atoms with Crippen molar-refractivity contribution in [1.82, 2.24) is 9.97 Å². The third kappa shape index (κ3) is 1.21. The van der Waals surface area contributed by atoms with Crippen molar-refractivity contribution in [1.29, 1.82) is 0 Å². The van der Waals surface area contributed by atoms with E-state index in [1.54, 1.807) is 6.07 Å². The fraction of sp³-hybridized carbons (Fsp3) is 0. The normalized spacial score (nSPS) is 11.1. The maximum Gasteiger partial charge on any atom is 0.186 e. The molecule has 1 N–H and O–H groups in total. The number of aromatic amines is 1. The lowest BCUT2D eigenvalue weighted by atomic mass is 10.3. The molecule has 0 spiro atoms. The highest BCUT2D eigenvalue weighted by Gasteiger charge is 2.12. The molecule has 80 valence electrons. The molecule has 1 aromatic carbocycles. The summed E-state index contributed by atoms with van der Waals surface area (Å²) in [5, 5.41) is 0. The van der Waals surface area contributed by atoms with Crippen molar-refractivity contribution in [3.8, 4) is 11.4 Å². The lowest BCUT2D eigenvalue weighted by molar-refractivity contribution is 0.515. The zero-order valence-corrected chi connectivity index (χ0v) is 8.00. The van der Waals surface area contributed by atoms with Gasteiger partial charge in [-0.05, 0) is 18.2 Å². The molecule has 0 aliphatic carbocycles. The van der Waals surface area contributed by atoms with Crippen LogP contribution in [0.2, 0.25) is 0 Å². The molecule has 5 heteroatoms. The fourth-order valence-corrected chi connectivity index (χ4v) is 1.55. The molecule has 0 aliphatic heterocycles. The van der Waals surface area contributed by atoms with E-state index >= 15 is 0 Å².